The highest BCUT2D eigenvalue weighted by molar-refractivity contribution is 7.99. The molecule has 1 aliphatic heterocycles. The molecule has 1 saturated heterocycles. The van der Waals surface area contributed by atoms with Crippen LogP contribution in [-0.4, -0.2) is 36.5 Å². The van der Waals surface area contributed by atoms with Crippen LogP contribution < -0.4 is 10.6 Å². The first-order chi connectivity index (χ1) is 8.72. The van der Waals surface area contributed by atoms with E-state index in [1.165, 1.54) is 12.8 Å². The highest BCUT2D eigenvalue weighted by atomic mass is 32.2. The van der Waals surface area contributed by atoms with Crippen LogP contribution in [0.4, 0.5) is 0 Å². The van der Waals surface area contributed by atoms with E-state index in [2.05, 4.69) is 23.8 Å². The lowest BCUT2D eigenvalue weighted by Crippen LogP contribution is -2.51. The van der Waals surface area contributed by atoms with Crippen LogP contribution in [0, 0.1) is 5.41 Å². The lowest BCUT2D eigenvalue weighted by atomic mass is 9.75. The third-order valence-electron chi connectivity index (χ3n) is 4.79. The molecular weight excluding hydrogens is 244 g/mol. The number of hydrogen-bond acceptors (Lipinski definition) is 3. The predicted octanol–water partition coefficient (Wildman–Crippen LogP) is 2.17. The van der Waals surface area contributed by atoms with Gasteiger partial charge in [0.25, 0.3) is 0 Å². The smallest absolute Gasteiger partial charge is 0.226 e. The van der Waals surface area contributed by atoms with Crippen LogP contribution >= 0.6 is 11.8 Å². The molecule has 1 heterocycles. The molecule has 0 bridgehead atoms. The Hall–Kier alpha value is -0.220. The van der Waals surface area contributed by atoms with E-state index in [1.54, 1.807) is 0 Å². The molecule has 0 radical (unpaired) electrons. The van der Waals surface area contributed by atoms with Crippen molar-refractivity contribution in [2.75, 3.05) is 19.3 Å². The fourth-order valence-corrected chi connectivity index (χ4v) is 4.28. The molecule has 18 heavy (non-hydrogen) atoms. The second-order valence-corrected chi connectivity index (χ2v) is 6.75. The van der Waals surface area contributed by atoms with E-state index in [0.29, 0.717) is 17.2 Å². The Balaban J connectivity index is 1.97. The summed E-state index contributed by atoms with van der Waals surface area (Å²) < 4.78 is 0. The van der Waals surface area contributed by atoms with Crippen molar-refractivity contribution in [2.24, 2.45) is 5.41 Å². The van der Waals surface area contributed by atoms with Gasteiger partial charge in [-0.15, -0.1) is 0 Å². The first kappa shape index (κ1) is 14.2. The molecule has 0 spiro atoms. The van der Waals surface area contributed by atoms with Gasteiger partial charge in [-0.1, -0.05) is 13.3 Å². The molecule has 1 saturated carbocycles. The van der Waals surface area contributed by atoms with E-state index in [1.807, 2.05) is 11.8 Å². The number of piperidine rings is 1. The van der Waals surface area contributed by atoms with Gasteiger partial charge >= 0.3 is 0 Å². The van der Waals surface area contributed by atoms with Gasteiger partial charge in [0.05, 0.1) is 5.41 Å². The van der Waals surface area contributed by atoms with E-state index in [-0.39, 0.29) is 5.41 Å². The molecule has 2 aliphatic rings. The third-order valence-corrected chi connectivity index (χ3v) is 5.96. The zero-order valence-electron chi connectivity index (χ0n) is 11.6. The Morgan fingerprint density at radius 1 is 1.39 bits per heavy atom. The highest BCUT2D eigenvalue weighted by Gasteiger charge is 2.40. The molecule has 2 unspecified atom stereocenters. The molecular formula is C14H26N2OS. The minimum atomic E-state index is -0.100. The van der Waals surface area contributed by atoms with E-state index in [0.717, 1.165) is 38.8 Å². The second-order valence-electron chi connectivity index (χ2n) is 5.67. The number of rotatable bonds is 4. The Morgan fingerprint density at radius 2 is 2.11 bits per heavy atom. The monoisotopic (exact) mass is 270 g/mol. The summed E-state index contributed by atoms with van der Waals surface area (Å²) in [7, 11) is 0. The maximum atomic E-state index is 12.6. The van der Waals surface area contributed by atoms with Gasteiger partial charge in [0.1, 0.15) is 0 Å². The average molecular weight is 270 g/mol. The first-order valence-electron chi connectivity index (χ1n) is 7.26. The van der Waals surface area contributed by atoms with Crippen LogP contribution in [0.1, 0.15) is 45.4 Å². The number of carbonyl (C=O) groups is 1. The highest BCUT2D eigenvalue weighted by Crippen LogP contribution is 2.35. The Morgan fingerprint density at radius 3 is 2.72 bits per heavy atom. The summed E-state index contributed by atoms with van der Waals surface area (Å²) in [6.45, 7) is 4.13. The summed E-state index contributed by atoms with van der Waals surface area (Å²) in [5.41, 5.74) is -0.100. The summed E-state index contributed by atoms with van der Waals surface area (Å²) in [5.74, 6) is 0.317. The Kier molecular flexibility index (Phi) is 4.96. The van der Waals surface area contributed by atoms with Crippen molar-refractivity contribution in [3.63, 3.8) is 0 Å². The van der Waals surface area contributed by atoms with Crippen molar-refractivity contribution in [2.45, 2.75) is 56.7 Å². The van der Waals surface area contributed by atoms with E-state index in [9.17, 15) is 4.79 Å². The van der Waals surface area contributed by atoms with Crippen molar-refractivity contribution >= 4 is 17.7 Å². The number of amides is 1. The van der Waals surface area contributed by atoms with Crippen LogP contribution in [0.2, 0.25) is 0 Å². The van der Waals surface area contributed by atoms with Crippen molar-refractivity contribution in [3.05, 3.63) is 0 Å². The fraction of sp³-hybridized carbons (Fsp3) is 0.929. The van der Waals surface area contributed by atoms with Crippen LogP contribution in [0.5, 0.6) is 0 Å². The molecule has 0 aromatic rings. The minimum Gasteiger partial charge on any atom is -0.352 e. The normalized spacial score (nSPS) is 31.2. The topological polar surface area (TPSA) is 41.1 Å². The number of hydrogen-bond donors (Lipinski definition) is 2. The zero-order chi connectivity index (χ0) is 13.0. The largest absolute Gasteiger partial charge is 0.352 e. The maximum Gasteiger partial charge on any atom is 0.226 e. The van der Waals surface area contributed by atoms with Gasteiger partial charge in [-0.2, -0.15) is 11.8 Å². The average Bonchev–Trinajstić information content (AvgIpc) is 2.86. The number of nitrogens with one attached hydrogen (secondary N) is 2. The van der Waals surface area contributed by atoms with Gasteiger partial charge in [-0.25, -0.2) is 0 Å². The van der Waals surface area contributed by atoms with E-state index < -0.39 is 0 Å². The quantitative estimate of drug-likeness (QED) is 0.822. The molecule has 2 rings (SSSR count). The van der Waals surface area contributed by atoms with Crippen molar-refractivity contribution in [1.29, 1.82) is 0 Å². The van der Waals surface area contributed by atoms with Crippen molar-refractivity contribution in [3.8, 4) is 0 Å². The van der Waals surface area contributed by atoms with Gasteiger partial charge in [0, 0.05) is 11.3 Å². The van der Waals surface area contributed by atoms with Crippen LogP contribution in [-0.2, 0) is 4.79 Å². The predicted molar refractivity (Wildman–Crippen MR) is 77.9 cm³/mol. The molecule has 2 fully saturated rings. The first-order valence-corrected chi connectivity index (χ1v) is 8.55. The van der Waals surface area contributed by atoms with E-state index in [4.69, 9.17) is 0 Å². The number of carbonyl (C=O) groups excluding carboxylic acids is 1. The Bertz CT molecular complexity index is 290. The summed E-state index contributed by atoms with van der Waals surface area (Å²) in [4.78, 5) is 12.6. The minimum absolute atomic E-state index is 0.100. The molecule has 4 heteroatoms. The summed E-state index contributed by atoms with van der Waals surface area (Å²) in [5, 5.41) is 7.34. The standard InChI is InChI=1S/C14H26N2OS/c1-3-14(7-9-15-10-8-14)13(17)16-11-5-4-6-12(11)18-2/h11-12,15H,3-10H2,1-2H3,(H,16,17). The lowest BCUT2D eigenvalue weighted by Gasteiger charge is -2.36. The molecule has 0 aromatic heterocycles. The molecule has 1 amide bonds. The number of thioether (sulfide) groups is 1. The van der Waals surface area contributed by atoms with Gasteiger partial charge in [-0.05, 0) is 51.4 Å². The van der Waals surface area contributed by atoms with Crippen LogP contribution in [0.25, 0.3) is 0 Å². The lowest BCUT2D eigenvalue weighted by molar-refractivity contribution is -0.133. The molecule has 0 aromatic carbocycles. The van der Waals surface area contributed by atoms with Crippen LogP contribution in [0.3, 0.4) is 0 Å². The van der Waals surface area contributed by atoms with Crippen LogP contribution in [0.15, 0.2) is 0 Å². The molecule has 3 nitrogen and oxygen atoms in total. The maximum absolute atomic E-state index is 12.6. The summed E-state index contributed by atoms with van der Waals surface area (Å²) >= 11 is 1.91. The fourth-order valence-electron chi connectivity index (χ4n) is 3.34. The van der Waals surface area contributed by atoms with Gasteiger partial charge in [-0.3, -0.25) is 4.79 Å². The van der Waals surface area contributed by atoms with Gasteiger partial charge in [0.2, 0.25) is 5.91 Å². The second kappa shape index (κ2) is 6.29. The van der Waals surface area contributed by atoms with Crippen molar-refractivity contribution in [1.82, 2.24) is 10.6 Å². The molecule has 1 aliphatic carbocycles. The third kappa shape index (κ3) is 2.85. The Labute approximate surface area is 115 Å². The summed E-state index contributed by atoms with van der Waals surface area (Å²) in [6.07, 6.45) is 8.80. The van der Waals surface area contributed by atoms with Gasteiger partial charge in [0.15, 0.2) is 0 Å². The van der Waals surface area contributed by atoms with Crippen molar-refractivity contribution < 1.29 is 4.79 Å². The SMILES string of the molecule is CCC1(C(=O)NC2CCCC2SC)CCNCC1. The van der Waals surface area contributed by atoms with E-state index >= 15 is 0 Å². The zero-order valence-corrected chi connectivity index (χ0v) is 12.4. The van der Waals surface area contributed by atoms with Gasteiger partial charge < -0.3 is 10.6 Å². The summed E-state index contributed by atoms with van der Waals surface area (Å²) in [6, 6.07) is 0.408. The molecule has 2 N–H and O–H groups in total. The molecule has 2 atom stereocenters. The molecule has 104 valence electrons.